The van der Waals surface area contributed by atoms with E-state index in [1.165, 1.54) is 12.8 Å². The van der Waals surface area contributed by atoms with Crippen LogP contribution in [0, 0.1) is 29.1 Å². The number of Topliss-reactive ketones (excluding diaryl/α,β-unsaturated/α-hetero) is 1. The standard InChI is InChI=1S/C16H21NO2/c1-4-6-15(18)16(3)12(2)7-5-8-13(16)9-14-10-17-11-19-14/h10-13H,5,7-9H2,1-3H3/t12-,13+,16+/m0/s1. The number of carbonyl (C=O) groups is 1. The molecule has 3 heteroatoms. The zero-order valence-corrected chi connectivity index (χ0v) is 11.9. The molecule has 1 aromatic rings. The van der Waals surface area contributed by atoms with Crippen molar-refractivity contribution in [3.05, 3.63) is 18.4 Å². The van der Waals surface area contributed by atoms with Gasteiger partial charge in [0.15, 0.2) is 6.39 Å². The Labute approximate surface area is 114 Å². The van der Waals surface area contributed by atoms with Gasteiger partial charge >= 0.3 is 0 Å². The molecule has 3 nitrogen and oxygen atoms in total. The molecule has 0 saturated heterocycles. The van der Waals surface area contributed by atoms with Gasteiger partial charge in [-0.3, -0.25) is 4.79 Å². The van der Waals surface area contributed by atoms with E-state index in [1.54, 1.807) is 13.1 Å². The fraction of sp³-hybridized carbons (Fsp3) is 0.625. The number of hydrogen-bond acceptors (Lipinski definition) is 3. The SMILES string of the molecule is CC#CC(=O)[C@@]1(C)[C@@H](Cc2cnco2)CCC[C@@H]1C. The number of aromatic nitrogens is 1. The Morgan fingerprint density at radius 3 is 3.00 bits per heavy atom. The summed E-state index contributed by atoms with van der Waals surface area (Å²) in [5.74, 6) is 7.11. The van der Waals surface area contributed by atoms with Gasteiger partial charge in [0.2, 0.25) is 5.78 Å². The third-order valence-electron chi connectivity index (χ3n) is 4.72. The van der Waals surface area contributed by atoms with Crippen molar-refractivity contribution in [3.8, 4) is 11.8 Å². The maximum absolute atomic E-state index is 12.4. The Balaban J connectivity index is 2.27. The number of oxazole rings is 1. The Hall–Kier alpha value is -1.56. The van der Waals surface area contributed by atoms with Gasteiger partial charge in [-0.1, -0.05) is 26.2 Å². The van der Waals surface area contributed by atoms with Gasteiger partial charge in [-0.15, -0.1) is 0 Å². The minimum atomic E-state index is -0.367. The quantitative estimate of drug-likeness (QED) is 0.618. The molecular weight excluding hydrogens is 238 g/mol. The van der Waals surface area contributed by atoms with Crippen molar-refractivity contribution in [2.75, 3.05) is 0 Å². The van der Waals surface area contributed by atoms with E-state index in [2.05, 4.69) is 30.7 Å². The largest absolute Gasteiger partial charge is 0.449 e. The van der Waals surface area contributed by atoms with Crippen molar-refractivity contribution in [2.24, 2.45) is 17.3 Å². The van der Waals surface area contributed by atoms with Crippen molar-refractivity contribution in [1.29, 1.82) is 0 Å². The summed E-state index contributed by atoms with van der Waals surface area (Å²) < 4.78 is 5.35. The highest BCUT2D eigenvalue weighted by Gasteiger charge is 2.46. The first-order valence-corrected chi connectivity index (χ1v) is 6.93. The topological polar surface area (TPSA) is 43.1 Å². The monoisotopic (exact) mass is 259 g/mol. The van der Waals surface area contributed by atoms with E-state index in [1.807, 2.05) is 0 Å². The molecule has 0 aliphatic heterocycles. The predicted octanol–water partition coefficient (Wildman–Crippen LogP) is 3.25. The van der Waals surface area contributed by atoms with Crippen LogP contribution in [0.4, 0.5) is 0 Å². The van der Waals surface area contributed by atoms with Crippen LogP contribution in [0.15, 0.2) is 17.0 Å². The molecule has 2 rings (SSSR count). The summed E-state index contributed by atoms with van der Waals surface area (Å²) in [6, 6.07) is 0. The maximum Gasteiger partial charge on any atom is 0.211 e. The lowest BCUT2D eigenvalue weighted by atomic mass is 9.58. The Morgan fingerprint density at radius 2 is 2.37 bits per heavy atom. The molecule has 0 unspecified atom stereocenters. The minimum Gasteiger partial charge on any atom is -0.449 e. The van der Waals surface area contributed by atoms with E-state index >= 15 is 0 Å². The van der Waals surface area contributed by atoms with Crippen LogP contribution in [0.2, 0.25) is 0 Å². The van der Waals surface area contributed by atoms with E-state index in [4.69, 9.17) is 4.42 Å². The average Bonchev–Trinajstić information content (AvgIpc) is 2.88. The number of hydrogen-bond donors (Lipinski definition) is 0. The fourth-order valence-electron chi connectivity index (χ4n) is 3.23. The molecule has 0 aromatic carbocycles. The predicted molar refractivity (Wildman–Crippen MR) is 73.3 cm³/mol. The van der Waals surface area contributed by atoms with Gasteiger partial charge in [-0.25, -0.2) is 4.98 Å². The summed E-state index contributed by atoms with van der Waals surface area (Å²) in [4.78, 5) is 16.4. The van der Waals surface area contributed by atoms with Gasteiger partial charge in [-0.05, 0) is 37.5 Å². The molecule has 1 aromatic heterocycles. The van der Waals surface area contributed by atoms with Crippen LogP contribution in [0.25, 0.3) is 0 Å². The van der Waals surface area contributed by atoms with E-state index in [0.29, 0.717) is 5.92 Å². The van der Waals surface area contributed by atoms with Gasteiger partial charge in [0.1, 0.15) is 5.76 Å². The first-order chi connectivity index (χ1) is 9.09. The highest BCUT2D eigenvalue weighted by Crippen LogP contribution is 2.47. The Morgan fingerprint density at radius 1 is 1.58 bits per heavy atom. The molecular formula is C16H21NO2. The summed E-state index contributed by atoms with van der Waals surface area (Å²) in [6.45, 7) is 5.96. The van der Waals surface area contributed by atoms with Gasteiger partial charge in [0.25, 0.3) is 0 Å². The molecule has 1 heterocycles. The van der Waals surface area contributed by atoms with Crippen molar-refractivity contribution in [1.82, 2.24) is 4.98 Å². The zero-order chi connectivity index (χ0) is 13.9. The smallest absolute Gasteiger partial charge is 0.211 e. The number of ketones is 1. The maximum atomic E-state index is 12.4. The third kappa shape index (κ3) is 2.58. The van der Waals surface area contributed by atoms with Crippen LogP contribution < -0.4 is 0 Å². The van der Waals surface area contributed by atoms with Crippen LogP contribution in [-0.4, -0.2) is 10.8 Å². The molecule has 19 heavy (non-hydrogen) atoms. The summed E-state index contributed by atoms with van der Waals surface area (Å²) in [5, 5.41) is 0. The van der Waals surface area contributed by atoms with Crippen molar-refractivity contribution < 1.29 is 9.21 Å². The minimum absolute atomic E-state index is 0.0757. The highest BCUT2D eigenvalue weighted by atomic mass is 16.3. The second-order valence-corrected chi connectivity index (χ2v) is 5.69. The fourth-order valence-corrected chi connectivity index (χ4v) is 3.23. The van der Waals surface area contributed by atoms with E-state index in [-0.39, 0.29) is 17.1 Å². The molecule has 0 radical (unpaired) electrons. The second-order valence-electron chi connectivity index (χ2n) is 5.69. The second kappa shape index (κ2) is 5.61. The lowest BCUT2D eigenvalue weighted by Gasteiger charge is -2.43. The van der Waals surface area contributed by atoms with Crippen LogP contribution >= 0.6 is 0 Å². The number of carbonyl (C=O) groups excluding carboxylic acids is 1. The Kier molecular flexibility index (Phi) is 4.09. The molecule has 3 atom stereocenters. The highest BCUT2D eigenvalue weighted by molar-refractivity contribution is 6.00. The van der Waals surface area contributed by atoms with Gasteiger partial charge < -0.3 is 4.42 Å². The molecule has 0 bridgehead atoms. The third-order valence-corrected chi connectivity index (χ3v) is 4.72. The van der Waals surface area contributed by atoms with Crippen molar-refractivity contribution in [3.63, 3.8) is 0 Å². The summed E-state index contributed by atoms with van der Waals surface area (Å²) in [6.07, 6.45) is 7.29. The molecule has 1 aliphatic carbocycles. The lowest BCUT2D eigenvalue weighted by molar-refractivity contribution is -0.130. The van der Waals surface area contributed by atoms with Crippen LogP contribution in [-0.2, 0) is 11.2 Å². The summed E-state index contributed by atoms with van der Waals surface area (Å²) in [7, 11) is 0. The molecule has 0 N–H and O–H groups in total. The van der Waals surface area contributed by atoms with Gasteiger partial charge in [0.05, 0.1) is 6.20 Å². The number of rotatable bonds is 3. The molecule has 102 valence electrons. The average molecular weight is 259 g/mol. The zero-order valence-electron chi connectivity index (χ0n) is 11.9. The normalized spacial score (nSPS) is 30.5. The van der Waals surface area contributed by atoms with Crippen molar-refractivity contribution >= 4 is 5.78 Å². The number of nitrogens with zero attached hydrogens (tertiary/aromatic N) is 1. The molecule has 1 aliphatic rings. The van der Waals surface area contributed by atoms with Gasteiger partial charge in [0, 0.05) is 11.8 Å². The summed E-state index contributed by atoms with van der Waals surface area (Å²) >= 11 is 0. The Bertz CT molecular complexity index is 495. The van der Waals surface area contributed by atoms with Crippen LogP contribution in [0.3, 0.4) is 0 Å². The van der Waals surface area contributed by atoms with E-state index in [9.17, 15) is 4.79 Å². The molecule has 1 fully saturated rings. The molecule has 0 amide bonds. The van der Waals surface area contributed by atoms with Crippen LogP contribution in [0.1, 0.15) is 45.8 Å². The lowest BCUT2D eigenvalue weighted by Crippen LogP contribution is -2.44. The van der Waals surface area contributed by atoms with Crippen LogP contribution in [0.5, 0.6) is 0 Å². The molecule has 1 saturated carbocycles. The van der Waals surface area contributed by atoms with Gasteiger partial charge in [-0.2, -0.15) is 0 Å². The molecule has 0 spiro atoms. The van der Waals surface area contributed by atoms with E-state index in [0.717, 1.165) is 25.0 Å². The first-order valence-electron chi connectivity index (χ1n) is 6.93. The van der Waals surface area contributed by atoms with Crippen molar-refractivity contribution in [2.45, 2.75) is 46.5 Å². The first kappa shape index (κ1) is 13.9. The van der Waals surface area contributed by atoms with E-state index < -0.39 is 0 Å². The summed E-state index contributed by atoms with van der Waals surface area (Å²) in [5.41, 5.74) is -0.367.